The van der Waals surface area contributed by atoms with Crippen LogP contribution in [0, 0.1) is 0 Å². The second-order valence-electron chi connectivity index (χ2n) is 5.46. The minimum absolute atomic E-state index is 0.567. The summed E-state index contributed by atoms with van der Waals surface area (Å²) >= 11 is 0. The molecule has 1 saturated heterocycles. The molecule has 4 heteroatoms. The van der Waals surface area contributed by atoms with E-state index in [1.165, 1.54) is 19.3 Å². The summed E-state index contributed by atoms with van der Waals surface area (Å²) in [6.07, 6.45) is 6.91. The summed E-state index contributed by atoms with van der Waals surface area (Å²) in [7, 11) is 2.01. The van der Waals surface area contributed by atoms with Crippen molar-refractivity contribution < 1.29 is 0 Å². The largest absolute Gasteiger partial charge is 0.338 e. The van der Waals surface area contributed by atoms with Gasteiger partial charge in [-0.05, 0) is 45.3 Å². The van der Waals surface area contributed by atoms with Crippen molar-refractivity contribution in [1.29, 1.82) is 0 Å². The zero-order valence-electron chi connectivity index (χ0n) is 12.0. The number of nitrogens with zero attached hydrogens (tertiary/aromatic N) is 3. The lowest BCUT2D eigenvalue weighted by atomic mass is 10.00. The normalized spacial score (nSPS) is 19.4. The zero-order chi connectivity index (χ0) is 13.8. The summed E-state index contributed by atoms with van der Waals surface area (Å²) in [6.45, 7) is 2.13. The summed E-state index contributed by atoms with van der Waals surface area (Å²) in [6, 6.07) is 8.76. The van der Waals surface area contributed by atoms with Crippen LogP contribution in [0.5, 0.6) is 0 Å². The molecular formula is C16H22N4. The van der Waals surface area contributed by atoms with Crippen molar-refractivity contribution in [1.82, 2.24) is 15.3 Å². The molecule has 0 amide bonds. The molecule has 1 aromatic carbocycles. The molecule has 1 atom stereocenters. The number of benzene rings is 1. The van der Waals surface area contributed by atoms with Gasteiger partial charge in [0.25, 0.3) is 0 Å². The van der Waals surface area contributed by atoms with E-state index in [2.05, 4.69) is 27.3 Å². The molecule has 106 valence electrons. The molecular weight excluding hydrogens is 248 g/mol. The van der Waals surface area contributed by atoms with Gasteiger partial charge in [0.2, 0.25) is 5.95 Å². The fraction of sp³-hybridized carbons (Fsp3) is 0.500. The summed E-state index contributed by atoms with van der Waals surface area (Å²) in [4.78, 5) is 11.7. The van der Waals surface area contributed by atoms with Crippen molar-refractivity contribution >= 4 is 16.9 Å². The van der Waals surface area contributed by atoms with Gasteiger partial charge in [0.05, 0.1) is 5.52 Å². The van der Waals surface area contributed by atoms with Crippen LogP contribution in [-0.2, 0) is 0 Å². The predicted octanol–water partition coefficient (Wildman–Crippen LogP) is 2.60. The molecule has 2 aromatic rings. The summed E-state index contributed by atoms with van der Waals surface area (Å²) < 4.78 is 0. The van der Waals surface area contributed by atoms with Gasteiger partial charge in [-0.3, -0.25) is 0 Å². The molecule has 4 nitrogen and oxygen atoms in total. The maximum absolute atomic E-state index is 4.75. The fourth-order valence-corrected chi connectivity index (χ4v) is 2.98. The number of hydrogen-bond acceptors (Lipinski definition) is 4. The smallest absolute Gasteiger partial charge is 0.226 e. The van der Waals surface area contributed by atoms with Crippen LogP contribution in [0.25, 0.3) is 10.9 Å². The molecule has 20 heavy (non-hydrogen) atoms. The maximum atomic E-state index is 4.75. The highest BCUT2D eigenvalue weighted by Gasteiger charge is 2.24. The highest BCUT2D eigenvalue weighted by molar-refractivity contribution is 5.78. The van der Waals surface area contributed by atoms with Crippen molar-refractivity contribution in [3.8, 4) is 0 Å². The third kappa shape index (κ3) is 2.75. The van der Waals surface area contributed by atoms with Crippen molar-refractivity contribution in [3.63, 3.8) is 0 Å². The number of rotatable bonds is 4. The van der Waals surface area contributed by atoms with Crippen LogP contribution in [0.2, 0.25) is 0 Å². The van der Waals surface area contributed by atoms with Crippen LogP contribution in [0.15, 0.2) is 30.5 Å². The topological polar surface area (TPSA) is 41.0 Å². The van der Waals surface area contributed by atoms with Gasteiger partial charge in [-0.15, -0.1) is 0 Å². The molecule has 1 unspecified atom stereocenters. The lowest BCUT2D eigenvalue weighted by Gasteiger charge is -2.36. The Bertz CT molecular complexity index is 569. The standard InChI is InChI=1S/C16H22N4/c1-17-10-9-14-7-4-5-11-20(14)16-18-12-13-6-2-3-8-15(13)19-16/h2-3,6,8,12,14,17H,4-5,7,9-11H2,1H3. The zero-order valence-corrected chi connectivity index (χ0v) is 12.0. The fourth-order valence-electron chi connectivity index (χ4n) is 2.98. The lowest BCUT2D eigenvalue weighted by Crippen LogP contribution is -2.42. The van der Waals surface area contributed by atoms with E-state index in [0.29, 0.717) is 6.04 Å². The number of para-hydroxylation sites is 1. The van der Waals surface area contributed by atoms with E-state index in [1.807, 2.05) is 25.4 Å². The van der Waals surface area contributed by atoms with Gasteiger partial charge >= 0.3 is 0 Å². The van der Waals surface area contributed by atoms with Crippen molar-refractivity contribution in [2.75, 3.05) is 25.0 Å². The average Bonchev–Trinajstić information content (AvgIpc) is 2.53. The van der Waals surface area contributed by atoms with E-state index in [9.17, 15) is 0 Å². The Kier molecular flexibility index (Phi) is 4.11. The SMILES string of the molecule is CNCCC1CCCCN1c1ncc2ccccc2n1. The Morgan fingerprint density at radius 3 is 3.10 bits per heavy atom. The summed E-state index contributed by atoms with van der Waals surface area (Å²) in [5, 5.41) is 4.36. The number of nitrogens with one attached hydrogen (secondary N) is 1. The minimum atomic E-state index is 0.567. The Balaban J connectivity index is 1.86. The first kappa shape index (κ1) is 13.3. The molecule has 1 aliphatic rings. The molecule has 2 heterocycles. The molecule has 1 fully saturated rings. The molecule has 1 aromatic heterocycles. The number of hydrogen-bond donors (Lipinski definition) is 1. The van der Waals surface area contributed by atoms with Gasteiger partial charge in [0, 0.05) is 24.2 Å². The highest BCUT2D eigenvalue weighted by atomic mass is 15.3. The Hall–Kier alpha value is -1.68. The number of aromatic nitrogens is 2. The van der Waals surface area contributed by atoms with Crippen LogP contribution in [0.4, 0.5) is 5.95 Å². The van der Waals surface area contributed by atoms with Crippen molar-refractivity contribution in [2.24, 2.45) is 0 Å². The molecule has 3 rings (SSSR count). The average molecular weight is 270 g/mol. The highest BCUT2D eigenvalue weighted by Crippen LogP contribution is 2.24. The number of piperidine rings is 1. The summed E-state index contributed by atoms with van der Waals surface area (Å²) in [5.41, 5.74) is 1.04. The van der Waals surface area contributed by atoms with Crippen LogP contribution in [-0.4, -0.2) is 36.1 Å². The first-order chi connectivity index (χ1) is 9.88. The molecule has 0 saturated carbocycles. The van der Waals surface area contributed by atoms with Gasteiger partial charge in [-0.2, -0.15) is 0 Å². The summed E-state index contributed by atoms with van der Waals surface area (Å²) in [5.74, 6) is 0.893. The second-order valence-corrected chi connectivity index (χ2v) is 5.46. The van der Waals surface area contributed by atoms with Crippen LogP contribution < -0.4 is 10.2 Å². The molecule has 1 aliphatic heterocycles. The van der Waals surface area contributed by atoms with Crippen LogP contribution in [0.3, 0.4) is 0 Å². The van der Waals surface area contributed by atoms with Gasteiger partial charge in [-0.1, -0.05) is 18.2 Å². The quantitative estimate of drug-likeness (QED) is 0.927. The molecule has 0 bridgehead atoms. The van der Waals surface area contributed by atoms with E-state index in [0.717, 1.165) is 36.4 Å². The van der Waals surface area contributed by atoms with Crippen LogP contribution in [0.1, 0.15) is 25.7 Å². The van der Waals surface area contributed by atoms with E-state index >= 15 is 0 Å². The Morgan fingerprint density at radius 2 is 2.20 bits per heavy atom. The third-order valence-corrected chi connectivity index (χ3v) is 4.09. The van der Waals surface area contributed by atoms with Gasteiger partial charge in [-0.25, -0.2) is 9.97 Å². The Morgan fingerprint density at radius 1 is 1.30 bits per heavy atom. The third-order valence-electron chi connectivity index (χ3n) is 4.09. The lowest BCUT2D eigenvalue weighted by molar-refractivity contribution is 0.427. The van der Waals surface area contributed by atoms with Gasteiger partial charge in [0.15, 0.2) is 0 Å². The van der Waals surface area contributed by atoms with E-state index < -0.39 is 0 Å². The van der Waals surface area contributed by atoms with Crippen LogP contribution >= 0.6 is 0 Å². The molecule has 0 spiro atoms. The molecule has 0 radical (unpaired) electrons. The first-order valence-corrected chi connectivity index (χ1v) is 7.51. The predicted molar refractivity (Wildman–Crippen MR) is 83.1 cm³/mol. The van der Waals surface area contributed by atoms with E-state index in [1.54, 1.807) is 0 Å². The first-order valence-electron chi connectivity index (χ1n) is 7.51. The van der Waals surface area contributed by atoms with E-state index in [-0.39, 0.29) is 0 Å². The van der Waals surface area contributed by atoms with Gasteiger partial charge in [0.1, 0.15) is 0 Å². The number of anilines is 1. The van der Waals surface area contributed by atoms with E-state index in [4.69, 9.17) is 4.98 Å². The minimum Gasteiger partial charge on any atom is -0.338 e. The molecule has 0 aliphatic carbocycles. The van der Waals surface area contributed by atoms with Crippen molar-refractivity contribution in [2.45, 2.75) is 31.7 Å². The molecule has 1 N–H and O–H groups in total. The monoisotopic (exact) mass is 270 g/mol. The van der Waals surface area contributed by atoms with Gasteiger partial charge < -0.3 is 10.2 Å². The Labute approximate surface area is 120 Å². The maximum Gasteiger partial charge on any atom is 0.226 e. The van der Waals surface area contributed by atoms with Crippen molar-refractivity contribution in [3.05, 3.63) is 30.5 Å². The second kappa shape index (κ2) is 6.18. The number of fused-ring (bicyclic) bond motifs is 1.